The van der Waals surface area contributed by atoms with E-state index in [9.17, 15) is 39.6 Å². The minimum Gasteiger partial charge on any atom is -0.550 e. The van der Waals surface area contributed by atoms with E-state index in [4.69, 9.17) is 0 Å². The number of aliphatic carboxylic acids is 4. The molecule has 19 heavy (non-hydrogen) atoms. The van der Waals surface area contributed by atoms with Gasteiger partial charge in [-0.15, -0.1) is 0 Å². The fourth-order valence-electron chi connectivity index (χ4n) is 0.493. The van der Waals surface area contributed by atoms with E-state index in [1.165, 1.54) is 0 Å². The van der Waals surface area contributed by atoms with E-state index in [1.807, 2.05) is 0 Å². The summed E-state index contributed by atoms with van der Waals surface area (Å²) >= 11 is 0. The molecular formula is C10H8O8Pb. The Morgan fingerprint density at radius 3 is 0.947 bits per heavy atom. The number of rotatable bonds is 6. The van der Waals surface area contributed by atoms with Crippen LogP contribution in [-0.2, 0) is 19.2 Å². The minimum atomic E-state index is -1.56. The fraction of sp³-hybridized carbons (Fsp3) is 0.200. The molecule has 0 fully saturated rings. The summed E-state index contributed by atoms with van der Waals surface area (Å²) in [5, 5.41) is 38.8. The van der Waals surface area contributed by atoms with Crippen molar-refractivity contribution in [2.75, 3.05) is 0 Å². The van der Waals surface area contributed by atoms with Crippen LogP contribution >= 0.6 is 0 Å². The average molecular weight is 463 g/mol. The second-order valence-electron chi connectivity index (χ2n) is 2.88. The van der Waals surface area contributed by atoms with Crippen LogP contribution in [0, 0.1) is 0 Å². The maximum absolute atomic E-state index is 9.73. The van der Waals surface area contributed by atoms with Gasteiger partial charge >= 0.3 is 27.3 Å². The molecule has 0 bridgehead atoms. The van der Waals surface area contributed by atoms with Crippen molar-refractivity contribution in [3.8, 4) is 0 Å². The summed E-state index contributed by atoms with van der Waals surface area (Å²) in [5.41, 5.74) is -0.954. The van der Waals surface area contributed by atoms with Crippen molar-refractivity contribution in [3.63, 3.8) is 0 Å². The maximum atomic E-state index is 9.73. The molecule has 0 saturated heterocycles. The molecule has 0 spiro atoms. The summed E-state index contributed by atoms with van der Waals surface area (Å²) in [6.07, 6.45) is -1.36. The van der Waals surface area contributed by atoms with Crippen molar-refractivity contribution in [1.29, 1.82) is 0 Å². The summed E-state index contributed by atoms with van der Waals surface area (Å²) in [6, 6.07) is 0. The van der Waals surface area contributed by atoms with Crippen LogP contribution in [0.1, 0.15) is 12.8 Å². The zero-order chi connectivity index (χ0) is 14.9. The zero-order valence-corrected chi connectivity index (χ0v) is 13.5. The molecule has 100 valence electrons. The molecule has 0 unspecified atom stereocenters. The minimum absolute atomic E-state index is 0. The molecule has 0 aromatic rings. The van der Waals surface area contributed by atoms with Crippen molar-refractivity contribution >= 4 is 51.2 Å². The molecule has 8 nitrogen and oxygen atoms in total. The number of carboxylic acids is 4. The van der Waals surface area contributed by atoms with Crippen molar-refractivity contribution in [3.05, 3.63) is 24.3 Å². The number of carbonyl (C=O) groups excluding carboxylic acids is 4. The van der Waals surface area contributed by atoms with Crippen molar-refractivity contribution in [1.82, 2.24) is 0 Å². The van der Waals surface area contributed by atoms with Crippen LogP contribution in [0.3, 0.4) is 0 Å². The maximum Gasteiger partial charge on any atom is 4.00 e. The normalized spacial score (nSPS) is 8.00. The van der Waals surface area contributed by atoms with E-state index in [-0.39, 0.29) is 27.3 Å². The predicted molar refractivity (Wildman–Crippen MR) is 53.3 cm³/mol. The molecule has 0 aromatic heterocycles. The van der Waals surface area contributed by atoms with Gasteiger partial charge in [0.15, 0.2) is 0 Å². The molecule has 0 atom stereocenters. The van der Waals surface area contributed by atoms with E-state index in [1.54, 1.807) is 0 Å². The smallest absolute Gasteiger partial charge is 0.550 e. The third kappa shape index (κ3) is 16.3. The van der Waals surface area contributed by atoms with Gasteiger partial charge in [-0.3, -0.25) is 0 Å². The number of hydrogen-bond acceptors (Lipinski definition) is 8. The molecule has 9 heteroatoms. The van der Waals surface area contributed by atoms with E-state index in [0.29, 0.717) is 0 Å². The van der Waals surface area contributed by atoms with Crippen LogP contribution in [0.5, 0.6) is 0 Å². The first-order chi connectivity index (χ1) is 8.07. The van der Waals surface area contributed by atoms with Crippen LogP contribution in [0.4, 0.5) is 0 Å². The predicted octanol–water partition coefficient (Wildman–Crippen LogP) is -5.52. The van der Waals surface area contributed by atoms with E-state index in [2.05, 4.69) is 13.2 Å². The van der Waals surface area contributed by atoms with Crippen molar-refractivity contribution < 1.29 is 39.6 Å². The first-order valence-corrected chi connectivity index (χ1v) is 4.25. The molecule has 0 aliphatic carbocycles. The van der Waals surface area contributed by atoms with Gasteiger partial charge in [0.2, 0.25) is 0 Å². The second-order valence-corrected chi connectivity index (χ2v) is 2.88. The molecule has 0 amide bonds. The van der Waals surface area contributed by atoms with Gasteiger partial charge in [-0.25, -0.2) is 0 Å². The van der Waals surface area contributed by atoms with Gasteiger partial charge in [0.1, 0.15) is 0 Å². The molecule has 0 aliphatic heterocycles. The first-order valence-electron chi connectivity index (χ1n) is 4.25. The number of carboxylic acid groups (broad SMARTS) is 4. The van der Waals surface area contributed by atoms with Crippen molar-refractivity contribution in [2.45, 2.75) is 12.8 Å². The quantitative estimate of drug-likeness (QED) is 0.278. The Bertz CT molecular complexity index is 360. The van der Waals surface area contributed by atoms with Gasteiger partial charge in [0.05, 0.1) is 11.9 Å². The molecule has 0 rings (SSSR count). The van der Waals surface area contributed by atoms with E-state index >= 15 is 0 Å². The topological polar surface area (TPSA) is 161 Å². The Morgan fingerprint density at radius 2 is 0.895 bits per heavy atom. The van der Waals surface area contributed by atoms with E-state index in [0.717, 1.165) is 0 Å². The van der Waals surface area contributed by atoms with Crippen LogP contribution in [0.25, 0.3) is 0 Å². The van der Waals surface area contributed by atoms with Crippen molar-refractivity contribution in [2.24, 2.45) is 0 Å². The van der Waals surface area contributed by atoms with Gasteiger partial charge in [-0.1, -0.05) is 13.2 Å². The fourth-order valence-corrected chi connectivity index (χ4v) is 0.493. The number of carbonyl (C=O) groups is 4. The summed E-state index contributed by atoms with van der Waals surface area (Å²) in [4.78, 5) is 38.8. The Hall–Kier alpha value is -1.72. The summed E-state index contributed by atoms with van der Waals surface area (Å²) in [5.74, 6) is -6.05. The zero-order valence-electron chi connectivity index (χ0n) is 9.59. The van der Waals surface area contributed by atoms with Crippen LogP contribution in [0.15, 0.2) is 24.3 Å². The summed E-state index contributed by atoms with van der Waals surface area (Å²) < 4.78 is 0. The molecule has 0 heterocycles. The molecule has 0 aromatic carbocycles. The third-order valence-corrected chi connectivity index (χ3v) is 1.29. The van der Waals surface area contributed by atoms with E-state index < -0.39 is 47.9 Å². The molecule has 0 N–H and O–H groups in total. The van der Waals surface area contributed by atoms with Gasteiger partial charge in [-0.2, -0.15) is 0 Å². The Morgan fingerprint density at radius 1 is 0.684 bits per heavy atom. The van der Waals surface area contributed by atoms with Crippen LogP contribution in [0.2, 0.25) is 0 Å². The SMILES string of the molecule is C=C(CC(=O)[O-])C(=O)[O-].C=C(CC(=O)[O-])C(=O)[O-].[Pb+4]. The van der Waals surface area contributed by atoms with Gasteiger partial charge in [0, 0.05) is 24.8 Å². The molecular weight excluding hydrogens is 455 g/mol. The third-order valence-electron chi connectivity index (χ3n) is 1.29. The molecule has 0 saturated carbocycles. The summed E-state index contributed by atoms with van der Waals surface area (Å²) in [6.45, 7) is 5.82. The number of hydrogen-bond donors (Lipinski definition) is 0. The molecule has 0 radical (unpaired) electrons. The average Bonchev–Trinajstić information content (AvgIpc) is 2.16. The Labute approximate surface area is 128 Å². The van der Waals surface area contributed by atoms with Gasteiger partial charge < -0.3 is 39.6 Å². The summed E-state index contributed by atoms with van der Waals surface area (Å²) in [7, 11) is 0. The Balaban J connectivity index is -0.000000256. The largest absolute Gasteiger partial charge is 4.00 e. The van der Waals surface area contributed by atoms with Crippen LogP contribution < -0.4 is 20.4 Å². The van der Waals surface area contributed by atoms with Gasteiger partial charge in [-0.05, 0) is 11.1 Å². The van der Waals surface area contributed by atoms with Crippen LogP contribution in [-0.4, -0.2) is 51.2 Å². The second kappa shape index (κ2) is 11.4. The standard InChI is InChI=1S/2C5H6O4.Pb/c2*1-3(5(8)9)2-4(6)7;/h2*1-2H2,(H,6,7)(H,8,9);/q;;+4/p-4. The van der Waals surface area contributed by atoms with Gasteiger partial charge in [0.25, 0.3) is 0 Å². The monoisotopic (exact) mass is 464 g/mol. The Kier molecular flexibility index (Phi) is 13.4. The molecule has 0 aliphatic rings. The first kappa shape index (κ1) is 22.5.